The van der Waals surface area contributed by atoms with Gasteiger partial charge in [0.2, 0.25) is 0 Å². The van der Waals surface area contributed by atoms with Gasteiger partial charge >= 0.3 is 33.0 Å². The van der Waals surface area contributed by atoms with Crippen molar-refractivity contribution in [2.75, 3.05) is 0 Å². The quantitative estimate of drug-likeness (QED) is 0.485. The molecule has 2 rings (SSSR count). The van der Waals surface area contributed by atoms with E-state index in [9.17, 15) is 9.59 Å². The van der Waals surface area contributed by atoms with Gasteiger partial charge in [0.25, 0.3) is 0 Å². The second-order valence-electron chi connectivity index (χ2n) is 5.55. The molecule has 2 saturated carbocycles. The number of hydrogen-bond donors (Lipinski definition) is 2. The summed E-state index contributed by atoms with van der Waals surface area (Å²) in [6.45, 7) is 3.89. The summed E-state index contributed by atoms with van der Waals surface area (Å²) in [5.41, 5.74) is 5.94. The Morgan fingerprint density at radius 2 is 1.45 bits per heavy atom. The van der Waals surface area contributed by atoms with Crippen LogP contribution in [0.4, 0.5) is 0 Å². The van der Waals surface area contributed by atoms with Gasteiger partial charge in [-0.15, -0.1) is 0 Å². The van der Waals surface area contributed by atoms with Crippen molar-refractivity contribution in [2.45, 2.75) is 57.4 Å². The molecule has 0 amide bonds. The van der Waals surface area contributed by atoms with Crippen LogP contribution in [0.5, 0.6) is 0 Å². The van der Waals surface area contributed by atoms with E-state index in [4.69, 9.17) is 15.9 Å². The van der Waals surface area contributed by atoms with Crippen molar-refractivity contribution in [3.05, 3.63) is 12.7 Å². The van der Waals surface area contributed by atoms with Crippen LogP contribution in [0.15, 0.2) is 0 Å². The average molecular weight is 464 g/mol. The molecule has 6 heteroatoms. The maximum Gasteiger partial charge on any atom is 2.00 e. The number of aliphatic carboxylic acids is 2. The second kappa shape index (κ2) is 8.78. The minimum atomic E-state index is -1.47. The van der Waals surface area contributed by atoms with E-state index in [2.05, 4.69) is 6.92 Å². The molecule has 2 aliphatic carbocycles. The number of carboxylic acids is 2. The fraction of sp³-hybridized carbons (Fsp3) is 0.786. The van der Waals surface area contributed by atoms with Crippen molar-refractivity contribution in [3.63, 3.8) is 0 Å². The molecule has 0 aliphatic heterocycles. The van der Waals surface area contributed by atoms with E-state index in [1.165, 1.54) is 19.3 Å². The molecule has 2 atom stereocenters. The summed E-state index contributed by atoms with van der Waals surface area (Å²) < 4.78 is 0. The first-order valence-corrected chi connectivity index (χ1v) is 6.91. The van der Waals surface area contributed by atoms with Gasteiger partial charge in [0.05, 0.1) is 0 Å². The summed E-state index contributed by atoms with van der Waals surface area (Å²) in [5.74, 6) is -1.96. The number of rotatable bonds is 2. The van der Waals surface area contributed by atoms with Gasteiger partial charge in [-0.3, -0.25) is 9.59 Å². The zero-order valence-electron chi connectivity index (χ0n) is 11.5. The number of carboxylic acid groups (broad SMARTS) is 2. The molecule has 118 valence electrons. The van der Waals surface area contributed by atoms with Crippen LogP contribution in [0.1, 0.15) is 51.4 Å². The monoisotopic (exact) mass is 464 g/mol. The molecule has 0 unspecified atom stereocenters. The first-order valence-electron chi connectivity index (χ1n) is 6.91. The molecule has 0 spiro atoms. The number of carbonyl (C=O) groups is 2. The molecule has 2 aliphatic rings. The molecule has 0 bridgehead atoms. The minimum absolute atomic E-state index is 0. The Bertz CT molecular complexity index is 303. The topological polar surface area (TPSA) is 98.4 Å². The van der Waals surface area contributed by atoms with Crippen LogP contribution in [0.3, 0.4) is 0 Å². The van der Waals surface area contributed by atoms with Crippen molar-refractivity contribution >= 4 is 11.9 Å². The maximum absolute atomic E-state index is 10.6. The molecule has 0 aromatic heterocycles. The zero-order valence-corrected chi connectivity index (χ0v) is 13.8. The molecular formula is C14H23NO4Pt. The standard InChI is InChI=1S/C7H13N.C7H10O4.Pt/c1-6-4-2-3-5-7(6)8;8-5(9)7(6(10)11)3-1-2-4-7;/h6-8H,1-5H2;1-4H2,(H,8,9)(H,10,11);/q-2;;+2/t6-,7-;;/m1../s1. The van der Waals surface area contributed by atoms with E-state index in [-0.39, 0.29) is 39.9 Å². The Labute approximate surface area is 134 Å². The van der Waals surface area contributed by atoms with Gasteiger partial charge in [0.15, 0.2) is 5.41 Å². The van der Waals surface area contributed by atoms with Gasteiger partial charge in [0, 0.05) is 0 Å². The van der Waals surface area contributed by atoms with Crippen LogP contribution in [0.2, 0.25) is 0 Å². The van der Waals surface area contributed by atoms with Crippen molar-refractivity contribution < 1.29 is 40.9 Å². The molecule has 3 N–H and O–H groups in total. The van der Waals surface area contributed by atoms with Crippen molar-refractivity contribution in [1.82, 2.24) is 0 Å². The Morgan fingerprint density at radius 1 is 1.00 bits per heavy atom. The van der Waals surface area contributed by atoms with Gasteiger partial charge in [0.1, 0.15) is 0 Å². The predicted molar refractivity (Wildman–Crippen MR) is 71.6 cm³/mol. The summed E-state index contributed by atoms with van der Waals surface area (Å²) in [5, 5.41) is 17.3. The average Bonchev–Trinajstić information content (AvgIpc) is 2.84. The predicted octanol–water partition coefficient (Wildman–Crippen LogP) is 3.14. The first kappa shape index (κ1) is 19.6. The summed E-state index contributed by atoms with van der Waals surface area (Å²) >= 11 is 0. The van der Waals surface area contributed by atoms with Crippen molar-refractivity contribution in [2.24, 2.45) is 11.3 Å². The summed E-state index contributed by atoms with van der Waals surface area (Å²) in [6, 6.07) is 0.142. The Kier molecular flexibility index (Phi) is 8.60. The number of nitrogens with one attached hydrogen (secondary N) is 1. The van der Waals surface area contributed by atoms with E-state index < -0.39 is 17.4 Å². The van der Waals surface area contributed by atoms with Crippen LogP contribution in [-0.4, -0.2) is 28.2 Å². The van der Waals surface area contributed by atoms with Gasteiger partial charge in [-0.1, -0.05) is 38.5 Å². The molecule has 20 heavy (non-hydrogen) atoms. The van der Waals surface area contributed by atoms with Crippen LogP contribution in [0.25, 0.3) is 5.73 Å². The fourth-order valence-corrected chi connectivity index (χ4v) is 2.71. The van der Waals surface area contributed by atoms with Crippen LogP contribution < -0.4 is 0 Å². The largest absolute Gasteiger partial charge is 2.00 e. The Morgan fingerprint density at radius 3 is 1.70 bits per heavy atom. The maximum atomic E-state index is 10.6. The molecular weight excluding hydrogens is 441 g/mol. The van der Waals surface area contributed by atoms with Gasteiger partial charge in [-0.05, 0) is 12.8 Å². The van der Waals surface area contributed by atoms with E-state index in [0.29, 0.717) is 18.8 Å². The third-order valence-corrected chi connectivity index (χ3v) is 4.18. The Balaban J connectivity index is 0.000000359. The Hall–Kier alpha value is -0.412. The smallest absolute Gasteiger partial charge is 0.677 e. The van der Waals surface area contributed by atoms with Gasteiger partial charge in [-0.2, -0.15) is 12.0 Å². The van der Waals surface area contributed by atoms with Gasteiger partial charge < -0.3 is 22.9 Å². The van der Waals surface area contributed by atoms with Crippen LogP contribution in [-0.2, 0) is 30.7 Å². The molecule has 0 radical (unpaired) electrons. The fourth-order valence-electron chi connectivity index (χ4n) is 2.71. The molecule has 5 nitrogen and oxygen atoms in total. The SMILES string of the molecule is O=C(O)C1(C(=O)O)CCCC1.[CH2-][C@@H]1CCCC[C@H]1[NH-].[Pt+2]. The van der Waals surface area contributed by atoms with E-state index in [1.54, 1.807) is 0 Å². The third kappa shape index (κ3) is 4.85. The molecule has 0 aromatic carbocycles. The number of hydrogen-bond acceptors (Lipinski definition) is 2. The molecule has 2 fully saturated rings. The van der Waals surface area contributed by atoms with E-state index in [0.717, 1.165) is 6.42 Å². The second-order valence-corrected chi connectivity index (χ2v) is 5.55. The molecule has 0 heterocycles. The van der Waals surface area contributed by atoms with Crippen molar-refractivity contribution in [1.29, 1.82) is 0 Å². The summed E-state index contributed by atoms with van der Waals surface area (Å²) in [6.07, 6.45) is 6.76. The normalized spacial score (nSPS) is 27.7. The van der Waals surface area contributed by atoms with E-state index in [1.807, 2.05) is 0 Å². The minimum Gasteiger partial charge on any atom is -0.677 e. The van der Waals surface area contributed by atoms with Crippen LogP contribution >= 0.6 is 0 Å². The summed E-state index contributed by atoms with van der Waals surface area (Å²) in [7, 11) is 0. The molecule has 0 aromatic rings. The third-order valence-electron chi connectivity index (χ3n) is 4.18. The zero-order chi connectivity index (χ0) is 14.5. The molecule has 0 saturated heterocycles. The van der Waals surface area contributed by atoms with Crippen LogP contribution in [0, 0.1) is 18.3 Å². The van der Waals surface area contributed by atoms with E-state index >= 15 is 0 Å². The van der Waals surface area contributed by atoms with Gasteiger partial charge in [-0.25, -0.2) is 0 Å². The first-order chi connectivity index (χ1) is 8.90. The van der Waals surface area contributed by atoms with Crippen molar-refractivity contribution in [3.8, 4) is 0 Å². The summed E-state index contributed by atoms with van der Waals surface area (Å²) in [4.78, 5) is 21.2.